The van der Waals surface area contributed by atoms with Crippen molar-refractivity contribution in [2.45, 2.75) is 37.8 Å². The quantitative estimate of drug-likeness (QED) is 0.783. The smallest absolute Gasteiger partial charge is 0.338 e. The van der Waals surface area contributed by atoms with Crippen molar-refractivity contribution in [1.82, 2.24) is 4.31 Å². The van der Waals surface area contributed by atoms with Gasteiger partial charge in [0.25, 0.3) is 0 Å². The first kappa shape index (κ1) is 12.4. The van der Waals surface area contributed by atoms with E-state index in [1.165, 1.54) is 24.1 Å². The lowest BCUT2D eigenvalue weighted by atomic mass is 10.1. The highest BCUT2D eigenvalue weighted by Gasteiger charge is 2.30. The predicted molar refractivity (Wildman–Crippen MR) is 64.5 cm³/mol. The van der Waals surface area contributed by atoms with Crippen molar-refractivity contribution in [3.8, 4) is 0 Å². The molecule has 0 amide bonds. The van der Waals surface area contributed by atoms with Crippen LogP contribution in [0, 0.1) is 5.82 Å². The zero-order valence-corrected chi connectivity index (χ0v) is 10.8. The number of rotatable bonds is 1. The lowest BCUT2D eigenvalue weighted by molar-refractivity contribution is 0.0691. The van der Waals surface area contributed by atoms with E-state index in [9.17, 15) is 9.18 Å². The van der Waals surface area contributed by atoms with E-state index in [1.807, 2.05) is 0 Å². The molecular weight excluding hydrogens is 241 g/mol. The van der Waals surface area contributed by atoms with Crippen molar-refractivity contribution in [3.63, 3.8) is 0 Å². The highest BCUT2D eigenvalue weighted by Crippen LogP contribution is 2.41. The van der Waals surface area contributed by atoms with Crippen LogP contribution in [-0.2, 0) is 6.54 Å². The molecule has 92 valence electrons. The molecule has 0 aromatic heterocycles. The maximum absolute atomic E-state index is 13.5. The summed E-state index contributed by atoms with van der Waals surface area (Å²) in [4.78, 5) is 11.7. The van der Waals surface area contributed by atoms with Crippen LogP contribution < -0.4 is 0 Å². The van der Waals surface area contributed by atoms with Crippen molar-refractivity contribution in [3.05, 3.63) is 29.1 Å². The summed E-state index contributed by atoms with van der Waals surface area (Å²) >= 11 is 1.49. The summed E-state index contributed by atoms with van der Waals surface area (Å²) in [6, 6.07) is 2.75. The molecule has 5 heteroatoms. The third-order valence-corrected chi connectivity index (χ3v) is 4.13. The maximum atomic E-state index is 13.5. The fourth-order valence-corrected chi connectivity index (χ4v) is 2.77. The van der Waals surface area contributed by atoms with Gasteiger partial charge < -0.3 is 5.11 Å². The van der Waals surface area contributed by atoms with Gasteiger partial charge in [0, 0.05) is 17.0 Å². The zero-order chi connectivity index (χ0) is 12.8. The number of carboxylic acid groups (broad SMARTS) is 1. The molecule has 0 unspecified atom stereocenters. The van der Waals surface area contributed by atoms with Gasteiger partial charge in [0.05, 0.1) is 5.56 Å². The molecule has 1 aromatic rings. The number of halogens is 1. The van der Waals surface area contributed by atoms with Crippen molar-refractivity contribution >= 4 is 17.9 Å². The Labute approximate surface area is 104 Å². The summed E-state index contributed by atoms with van der Waals surface area (Å²) in [6.07, 6.45) is 0. The molecule has 0 fully saturated rings. The van der Waals surface area contributed by atoms with Crippen molar-refractivity contribution in [1.29, 1.82) is 0 Å². The second-order valence-electron chi connectivity index (χ2n) is 5.04. The Hall–Kier alpha value is -1.07. The molecule has 1 heterocycles. The highest BCUT2D eigenvalue weighted by molar-refractivity contribution is 7.97. The number of carbonyl (C=O) groups is 1. The minimum Gasteiger partial charge on any atom is -0.478 e. The normalized spacial score (nSPS) is 16.0. The summed E-state index contributed by atoms with van der Waals surface area (Å²) < 4.78 is 15.6. The van der Waals surface area contributed by atoms with Crippen LogP contribution in [0.15, 0.2) is 17.0 Å². The minimum absolute atomic E-state index is 0.0381. The molecule has 1 aliphatic heterocycles. The summed E-state index contributed by atoms with van der Waals surface area (Å²) in [7, 11) is 0. The molecule has 0 atom stereocenters. The third kappa shape index (κ3) is 2.30. The van der Waals surface area contributed by atoms with Crippen LogP contribution in [0.4, 0.5) is 4.39 Å². The number of carboxylic acids is 1. The van der Waals surface area contributed by atoms with Gasteiger partial charge in [0.15, 0.2) is 0 Å². The molecule has 0 saturated heterocycles. The standard InChI is InChI=1S/C12H14FNO2S/c1-12(2,3)14-6-7-4-9(13)8(11(15)16)5-10(7)17-14/h4-5H,6H2,1-3H3,(H,15,16). The van der Waals surface area contributed by atoms with E-state index in [1.54, 1.807) is 0 Å². The van der Waals surface area contributed by atoms with Crippen LogP contribution in [0.25, 0.3) is 0 Å². The predicted octanol–water partition coefficient (Wildman–Crippen LogP) is 3.15. The molecule has 0 spiro atoms. The highest BCUT2D eigenvalue weighted by atomic mass is 32.2. The zero-order valence-electron chi connectivity index (χ0n) is 9.95. The molecule has 0 radical (unpaired) electrons. The Morgan fingerprint density at radius 2 is 2.12 bits per heavy atom. The van der Waals surface area contributed by atoms with Crippen molar-refractivity contribution in [2.24, 2.45) is 0 Å². The molecule has 2 rings (SSSR count). The number of hydrogen-bond acceptors (Lipinski definition) is 3. The van der Waals surface area contributed by atoms with Crippen LogP contribution in [0.1, 0.15) is 36.7 Å². The SMILES string of the molecule is CC(C)(C)N1Cc2cc(F)c(C(=O)O)cc2S1. The molecule has 1 N–H and O–H groups in total. The van der Waals surface area contributed by atoms with Gasteiger partial charge in [-0.3, -0.25) is 0 Å². The Morgan fingerprint density at radius 1 is 1.47 bits per heavy atom. The summed E-state index contributed by atoms with van der Waals surface area (Å²) in [6.45, 7) is 6.85. The summed E-state index contributed by atoms with van der Waals surface area (Å²) in [5, 5.41) is 8.86. The Morgan fingerprint density at radius 3 is 2.65 bits per heavy atom. The number of fused-ring (bicyclic) bond motifs is 1. The van der Waals surface area contributed by atoms with Gasteiger partial charge in [-0.15, -0.1) is 0 Å². The van der Waals surface area contributed by atoms with Gasteiger partial charge in [-0.25, -0.2) is 13.5 Å². The summed E-state index contributed by atoms with van der Waals surface area (Å²) in [5.41, 5.74) is 0.559. The van der Waals surface area contributed by atoms with Gasteiger partial charge in [-0.05, 0) is 50.4 Å². The van der Waals surface area contributed by atoms with Gasteiger partial charge in [0.2, 0.25) is 0 Å². The van der Waals surface area contributed by atoms with Crippen molar-refractivity contribution in [2.75, 3.05) is 0 Å². The monoisotopic (exact) mass is 255 g/mol. The van der Waals surface area contributed by atoms with E-state index >= 15 is 0 Å². The Kier molecular flexibility index (Phi) is 2.91. The van der Waals surface area contributed by atoms with Crippen LogP contribution in [0.5, 0.6) is 0 Å². The largest absolute Gasteiger partial charge is 0.478 e. The average molecular weight is 255 g/mol. The van der Waals surface area contributed by atoms with E-state index in [0.29, 0.717) is 6.54 Å². The van der Waals surface area contributed by atoms with E-state index in [-0.39, 0.29) is 11.1 Å². The first-order chi connectivity index (χ1) is 7.79. The number of aromatic carboxylic acids is 1. The van der Waals surface area contributed by atoms with Gasteiger partial charge in [-0.1, -0.05) is 0 Å². The summed E-state index contributed by atoms with van der Waals surface area (Å²) in [5.74, 6) is -1.88. The number of benzene rings is 1. The molecule has 3 nitrogen and oxygen atoms in total. The van der Waals surface area contributed by atoms with E-state index in [4.69, 9.17) is 5.11 Å². The molecule has 0 saturated carbocycles. The molecule has 17 heavy (non-hydrogen) atoms. The minimum atomic E-state index is -1.22. The third-order valence-electron chi connectivity index (χ3n) is 2.65. The fraction of sp³-hybridized carbons (Fsp3) is 0.417. The number of nitrogens with zero attached hydrogens (tertiary/aromatic N) is 1. The molecular formula is C12H14FNO2S. The lowest BCUT2D eigenvalue weighted by Gasteiger charge is -2.29. The second kappa shape index (κ2) is 3.99. The first-order valence-electron chi connectivity index (χ1n) is 5.30. The first-order valence-corrected chi connectivity index (χ1v) is 6.07. The van der Waals surface area contributed by atoms with Crippen molar-refractivity contribution < 1.29 is 14.3 Å². The van der Waals surface area contributed by atoms with Gasteiger partial charge >= 0.3 is 5.97 Å². The van der Waals surface area contributed by atoms with Crippen LogP contribution >= 0.6 is 11.9 Å². The fourth-order valence-electron chi connectivity index (χ4n) is 1.65. The van der Waals surface area contributed by atoms with Crippen LogP contribution in [0.3, 0.4) is 0 Å². The molecule has 1 aliphatic rings. The van der Waals surface area contributed by atoms with Crippen LogP contribution in [-0.4, -0.2) is 20.9 Å². The maximum Gasteiger partial charge on any atom is 0.338 e. The average Bonchev–Trinajstić information content (AvgIpc) is 2.58. The van der Waals surface area contributed by atoms with Gasteiger partial charge in [-0.2, -0.15) is 0 Å². The second-order valence-corrected chi connectivity index (χ2v) is 6.11. The van der Waals surface area contributed by atoms with E-state index < -0.39 is 11.8 Å². The van der Waals surface area contributed by atoms with Crippen LogP contribution in [0.2, 0.25) is 0 Å². The number of hydrogen-bond donors (Lipinski definition) is 1. The van der Waals surface area contributed by atoms with E-state index in [0.717, 1.165) is 10.5 Å². The Balaban J connectivity index is 2.37. The molecule has 1 aromatic carbocycles. The van der Waals surface area contributed by atoms with Gasteiger partial charge in [0.1, 0.15) is 5.82 Å². The molecule has 0 bridgehead atoms. The Bertz CT molecular complexity index is 482. The van der Waals surface area contributed by atoms with E-state index in [2.05, 4.69) is 25.1 Å². The lowest BCUT2D eigenvalue weighted by Crippen LogP contribution is -2.32. The topological polar surface area (TPSA) is 40.5 Å². The molecule has 0 aliphatic carbocycles.